The molecule has 0 aliphatic rings. The van der Waals surface area contributed by atoms with Crippen molar-refractivity contribution in [3.63, 3.8) is 0 Å². The Morgan fingerprint density at radius 2 is 1.59 bits per heavy atom. The van der Waals surface area contributed by atoms with Crippen molar-refractivity contribution in [2.24, 2.45) is 5.41 Å². The number of fused-ring (bicyclic) bond motifs is 1. The monoisotopic (exact) mass is 292 g/mol. The summed E-state index contributed by atoms with van der Waals surface area (Å²) in [6.45, 7) is 7.43. The average Bonchev–Trinajstić information content (AvgIpc) is 2.52. The molecule has 1 N–H and O–H groups in total. The van der Waals surface area contributed by atoms with Crippen LogP contribution in [-0.4, -0.2) is 21.7 Å². The Morgan fingerprint density at radius 3 is 2.27 bits per heavy atom. The van der Waals surface area contributed by atoms with Crippen LogP contribution in [0.5, 0.6) is 0 Å². The van der Waals surface area contributed by atoms with E-state index in [9.17, 15) is 0 Å². The fourth-order valence-corrected chi connectivity index (χ4v) is 2.33. The van der Waals surface area contributed by atoms with Crippen LogP contribution >= 0.6 is 0 Å². The van der Waals surface area contributed by atoms with Crippen LogP contribution in [0.25, 0.3) is 21.9 Å². The van der Waals surface area contributed by atoms with Gasteiger partial charge >= 0.3 is 0 Å². The Morgan fingerprint density at radius 1 is 0.909 bits per heavy atom. The molecular formula is C18H20N4. The lowest BCUT2D eigenvalue weighted by Crippen LogP contribution is -2.19. The second-order valence-electron chi connectivity index (χ2n) is 6.62. The van der Waals surface area contributed by atoms with Crippen LogP contribution in [0.15, 0.2) is 48.9 Å². The molecule has 4 heteroatoms. The minimum atomic E-state index is 0.187. The molecule has 0 amide bonds. The molecule has 0 fully saturated rings. The maximum atomic E-state index is 4.61. The third-order valence-electron chi connectivity index (χ3n) is 3.47. The van der Waals surface area contributed by atoms with Gasteiger partial charge in [-0.2, -0.15) is 10.2 Å². The molecule has 0 aliphatic carbocycles. The Kier molecular flexibility index (Phi) is 3.75. The number of benzene rings is 1. The van der Waals surface area contributed by atoms with Crippen molar-refractivity contribution >= 4 is 16.6 Å². The first-order chi connectivity index (χ1) is 10.5. The van der Waals surface area contributed by atoms with Gasteiger partial charge in [0.25, 0.3) is 0 Å². The van der Waals surface area contributed by atoms with Crippen LogP contribution < -0.4 is 5.32 Å². The summed E-state index contributed by atoms with van der Waals surface area (Å²) in [7, 11) is 0. The molecule has 4 nitrogen and oxygen atoms in total. The Balaban J connectivity index is 2.08. The minimum Gasteiger partial charge on any atom is -0.369 e. The number of rotatable bonds is 3. The van der Waals surface area contributed by atoms with E-state index in [1.807, 2.05) is 30.6 Å². The predicted octanol–water partition coefficient (Wildman–Crippen LogP) is 4.15. The van der Waals surface area contributed by atoms with Crippen molar-refractivity contribution in [1.82, 2.24) is 15.2 Å². The summed E-state index contributed by atoms with van der Waals surface area (Å²) in [4.78, 5) is 4.61. The van der Waals surface area contributed by atoms with Gasteiger partial charge < -0.3 is 5.32 Å². The lowest BCUT2D eigenvalue weighted by molar-refractivity contribution is 0.442. The summed E-state index contributed by atoms with van der Waals surface area (Å²) < 4.78 is 0. The van der Waals surface area contributed by atoms with Gasteiger partial charge in [0, 0.05) is 29.1 Å². The van der Waals surface area contributed by atoms with Gasteiger partial charge in [0.05, 0.1) is 12.4 Å². The zero-order valence-electron chi connectivity index (χ0n) is 13.2. The third kappa shape index (κ3) is 3.06. The van der Waals surface area contributed by atoms with Crippen molar-refractivity contribution in [2.75, 3.05) is 11.9 Å². The fraction of sp³-hybridized carbons (Fsp3) is 0.278. The van der Waals surface area contributed by atoms with E-state index in [0.717, 1.165) is 34.3 Å². The molecule has 0 bridgehead atoms. The first-order valence-corrected chi connectivity index (χ1v) is 7.43. The van der Waals surface area contributed by atoms with Gasteiger partial charge in [0.2, 0.25) is 0 Å². The molecule has 22 heavy (non-hydrogen) atoms. The summed E-state index contributed by atoms with van der Waals surface area (Å²) in [5.41, 5.74) is 2.40. The highest BCUT2D eigenvalue weighted by Gasteiger charge is 2.13. The molecule has 3 aromatic rings. The van der Waals surface area contributed by atoms with Crippen LogP contribution in [0.1, 0.15) is 20.8 Å². The lowest BCUT2D eigenvalue weighted by Gasteiger charge is -2.20. The van der Waals surface area contributed by atoms with Crippen LogP contribution in [0.2, 0.25) is 0 Å². The van der Waals surface area contributed by atoms with E-state index in [1.165, 1.54) is 0 Å². The quantitative estimate of drug-likeness (QED) is 0.788. The predicted molar refractivity (Wildman–Crippen MR) is 90.7 cm³/mol. The van der Waals surface area contributed by atoms with Gasteiger partial charge in [-0.05, 0) is 11.0 Å². The van der Waals surface area contributed by atoms with Gasteiger partial charge in [-0.25, -0.2) is 4.98 Å². The second-order valence-corrected chi connectivity index (χ2v) is 6.62. The van der Waals surface area contributed by atoms with Crippen LogP contribution in [0.4, 0.5) is 5.82 Å². The molecule has 112 valence electrons. The summed E-state index contributed by atoms with van der Waals surface area (Å²) in [5, 5.41) is 13.6. The number of hydrogen-bond acceptors (Lipinski definition) is 4. The van der Waals surface area contributed by atoms with Crippen molar-refractivity contribution in [2.45, 2.75) is 20.8 Å². The Labute approximate surface area is 130 Å². The average molecular weight is 292 g/mol. The maximum Gasteiger partial charge on any atom is 0.135 e. The van der Waals surface area contributed by atoms with Gasteiger partial charge in [-0.1, -0.05) is 51.1 Å². The number of hydrogen-bond donors (Lipinski definition) is 1. The Bertz CT molecular complexity index is 776. The molecule has 0 atom stereocenters. The van der Waals surface area contributed by atoms with Gasteiger partial charge in [-0.3, -0.25) is 0 Å². The van der Waals surface area contributed by atoms with Crippen molar-refractivity contribution in [1.29, 1.82) is 0 Å². The van der Waals surface area contributed by atoms with E-state index < -0.39 is 0 Å². The highest BCUT2D eigenvalue weighted by Crippen LogP contribution is 2.30. The molecule has 0 spiro atoms. The van der Waals surface area contributed by atoms with Crippen molar-refractivity contribution < 1.29 is 0 Å². The van der Waals surface area contributed by atoms with Crippen molar-refractivity contribution in [3.8, 4) is 11.1 Å². The fourth-order valence-electron chi connectivity index (χ4n) is 2.33. The van der Waals surface area contributed by atoms with E-state index >= 15 is 0 Å². The summed E-state index contributed by atoms with van der Waals surface area (Å²) in [6.07, 6.45) is 5.49. The second kappa shape index (κ2) is 5.72. The molecule has 0 aliphatic heterocycles. The van der Waals surface area contributed by atoms with Crippen LogP contribution in [0, 0.1) is 5.41 Å². The molecule has 0 unspecified atom stereocenters. The highest BCUT2D eigenvalue weighted by atomic mass is 15.1. The number of nitrogens with zero attached hydrogens (tertiary/aromatic N) is 3. The molecule has 0 saturated heterocycles. The smallest absolute Gasteiger partial charge is 0.135 e. The lowest BCUT2D eigenvalue weighted by atomic mass is 9.97. The topological polar surface area (TPSA) is 50.7 Å². The van der Waals surface area contributed by atoms with Gasteiger partial charge in [-0.15, -0.1) is 0 Å². The number of anilines is 1. The molecular weight excluding hydrogens is 272 g/mol. The summed E-state index contributed by atoms with van der Waals surface area (Å²) >= 11 is 0. The van der Waals surface area contributed by atoms with Crippen LogP contribution in [-0.2, 0) is 0 Å². The standard InChI is InChI=1S/C18H20N4/c1-18(2,3)12-20-17-16-11-22-21-10-15(16)14(9-19-17)13-7-5-4-6-8-13/h4-11H,12H2,1-3H3,(H,19,20). The molecule has 2 aromatic heterocycles. The summed E-state index contributed by atoms with van der Waals surface area (Å²) in [5.74, 6) is 0.861. The van der Waals surface area contributed by atoms with E-state index in [1.54, 1.807) is 6.20 Å². The molecule has 2 heterocycles. The van der Waals surface area contributed by atoms with E-state index in [2.05, 4.69) is 53.4 Å². The molecule has 0 radical (unpaired) electrons. The maximum absolute atomic E-state index is 4.61. The number of pyridine rings is 1. The molecule has 3 rings (SSSR count). The van der Waals surface area contributed by atoms with E-state index in [-0.39, 0.29) is 5.41 Å². The van der Waals surface area contributed by atoms with Gasteiger partial charge in [0.15, 0.2) is 0 Å². The third-order valence-corrected chi connectivity index (χ3v) is 3.47. The zero-order valence-corrected chi connectivity index (χ0v) is 13.2. The normalized spacial score (nSPS) is 11.6. The number of aromatic nitrogens is 3. The minimum absolute atomic E-state index is 0.187. The molecule has 1 aromatic carbocycles. The first-order valence-electron chi connectivity index (χ1n) is 7.43. The SMILES string of the molecule is CC(C)(C)CNc1ncc(-c2ccccc2)c2cnncc12. The van der Waals surface area contributed by atoms with E-state index in [4.69, 9.17) is 0 Å². The zero-order chi connectivity index (χ0) is 15.6. The first kappa shape index (κ1) is 14.4. The van der Waals surface area contributed by atoms with Crippen molar-refractivity contribution in [3.05, 3.63) is 48.9 Å². The van der Waals surface area contributed by atoms with Gasteiger partial charge in [0.1, 0.15) is 5.82 Å². The largest absolute Gasteiger partial charge is 0.369 e. The Hall–Kier alpha value is -2.49. The van der Waals surface area contributed by atoms with E-state index in [0.29, 0.717) is 0 Å². The number of nitrogens with one attached hydrogen (secondary N) is 1. The highest BCUT2D eigenvalue weighted by molar-refractivity contribution is 6.00. The summed E-state index contributed by atoms with van der Waals surface area (Å²) in [6, 6.07) is 10.2. The molecule has 0 saturated carbocycles. The van der Waals surface area contributed by atoms with Crippen LogP contribution in [0.3, 0.4) is 0 Å².